The van der Waals surface area contributed by atoms with Crippen LogP contribution < -0.4 is 10.3 Å². The van der Waals surface area contributed by atoms with Crippen LogP contribution in [-0.2, 0) is 6.54 Å². The van der Waals surface area contributed by atoms with Gasteiger partial charge < -0.3 is 9.30 Å². The molecule has 21 heavy (non-hydrogen) atoms. The predicted molar refractivity (Wildman–Crippen MR) is 83.0 cm³/mol. The minimum absolute atomic E-state index is 0.198. The van der Waals surface area contributed by atoms with Crippen molar-refractivity contribution < 1.29 is 9.53 Å². The number of nitrogens with zero attached hydrogens (tertiary/aromatic N) is 1. The van der Waals surface area contributed by atoms with Crippen LogP contribution in [0, 0.1) is 0 Å². The van der Waals surface area contributed by atoms with E-state index in [1.165, 1.54) is 0 Å². The van der Waals surface area contributed by atoms with E-state index in [1.54, 1.807) is 17.7 Å². The van der Waals surface area contributed by atoms with E-state index in [4.69, 9.17) is 4.74 Å². The van der Waals surface area contributed by atoms with Crippen LogP contribution in [-0.4, -0.2) is 18.0 Å². The van der Waals surface area contributed by atoms with Gasteiger partial charge >= 0.3 is 0 Å². The molecular weight excluding hydrogens is 266 g/mol. The number of pyridine rings is 1. The largest absolute Gasteiger partial charge is 0.497 e. The molecule has 0 N–H and O–H groups in total. The third-order valence-corrected chi connectivity index (χ3v) is 3.45. The molecule has 0 atom stereocenters. The maximum Gasteiger partial charge on any atom is 0.261 e. The Labute approximate surface area is 124 Å². The Balaban J connectivity index is 2.52. The normalized spacial score (nSPS) is 10.4. The maximum absolute atomic E-state index is 12.3. The van der Waals surface area contributed by atoms with Crippen molar-refractivity contribution in [3.63, 3.8) is 0 Å². The second-order valence-electron chi connectivity index (χ2n) is 4.83. The Kier molecular flexibility index (Phi) is 4.93. The molecule has 2 rings (SSSR count). The highest BCUT2D eigenvalue weighted by Gasteiger charge is 2.10. The van der Waals surface area contributed by atoms with Crippen LogP contribution >= 0.6 is 0 Å². The minimum Gasteiger partial charge on any atom is -0.497 e. The molecule has 0 amide bonds. The summed E-state index contributed by atoms with van der Waals surface area (Å²) in [5.74, 6) is 0.769. The number of rotatable bonds is 6. The molecular formula is C17H19NO3. The number of hydrogen-bond acceptors (Lipinski definition) is 3. The van der Waals surface area contributed by atoms with E-state index < -0.39 is 0 Å². The zero-order valence-corrected chi connectivity index (χ0v) is 12.3. The summed E-state index contributed by atoms with van der Waals surface area (Å²) < 4.78 is 6.82. The van der Waals surface area contributed by atoms with Gasteiger partial charge in [0.1, 0.15) is 5.75 Å². The molecule has 0 saturated carbocycles. The number of aldehydes is 1. The van der Waals surface area contributed by atoms with Crippen molar-refractivity contribution in [2.24, 2.45) is 0 Å². The van der Waals surface area contributed by atoms with Crippen molar-refractivity contribution in [2.45, 2.75) is 26.3 Å². The molecule has 0 spiro atoms. The average molecular weight is 285 g/mol. The topological polar surface area (TPSA) is 48.3 Å². The summed E-state index contributed by atoms with van der Waals surface area (Å²) in [7, 11) is 1.62. The van der Waals surface area contributed by atoms with Gasteiger partial charge in [0.2, 0.25) is 0 Å². The minimum atomic E-state index is -0.230. The second-order valence-corrected chi connectivity index (χ2v) is 4.83. The Morgan fingerprint density at radius 1 is 1.14 bits per heavy atom. The van der Waals surface area contributed by atoms with E-state index in [0.29, 0.717) is 12.8 Å². The quantitative estimate of drug-likeness (QED) is 0.766. The van der Waals surface area contributed by atoms with E-state index >= 15 is 0 Å². The van der Waals surface area contributed by atoms with Crippen molar-refractivity contribution in [1.82, 2.24) is 4.57 Å². The zero-order chi connectivity index (χ0) is 15.2. The monoisotopic (exact) mass is 285 g/mol. The molecule has 0 radical (unpaired) electrons. The number of methoxy groups -OCH3 is 1. The van der Waals surface area contributed by atoms with Gasteiger partial charge in [-0.2, -0.15) is 0 Å². The summed E-state index contributed by atoms with van der Waals surface area (Å²) in [4.78, 5) is 23.3. The number of benzene rings is 1. The van der Waals surface area contributed by atoms with E-state index in [9.17, 15) is 9.59 Å². The van der Waals surface area contributed by atoms with Gasteiger partial charge in [-0.3, -0.25) is 9.59 Å². The molecule has 2 aromatic rings. The summed E-state index contributed by atoms with van der Waals surface area (Å²) in [6, 6.07) is 10.9. The molecule has 0 bridgehead atoms. The Bertz CT molecular complexity index is 671. The van der Waals surface area contributed by atoms with Crippen molar-refractivity contribution in [2.75, 3.05) is 7.11 Å². The molecule has 4 nitrogen and oxygen atoms in total. The highest BCUT2D eigenvalue weighted by Crippen LogP contribution is 2.22. The van der Waals surface area contributed by atoms with Gasteiger partial charge in [-0.1, -0.05) is 13.3 Å². The summed E-state index contributed by atoms with van der Waals surface area (Å²) in [6.45, 7) is 2.68. The van der Waals surface area contributed by atoms with E-state index in [0.717, 1.165) is 29.8 Å². The van der Waals surface area contributed by atoms with Gasteiger partial charge in [0, 0.05) is 6.54 Å². The lowest BCUT2D eigenvalue weighted by Crippen LogP contribution is -2.25. The first-order valence-corrected chi connectivity index (χ1v) is 7.04. The third-order valence-electron chi connectivity index (χ3n) is 3.45. The van der Waals surface area contributed by atoms with Crippen molar-refractivity contribution in [3.05, 3.63) is 52.3 Å². The molecule has 1 heterocycles. The SMILES string of the molecule is CCCCn1c(-c2ccc(OC)cc2)ccc(C=O)c1=O. The van der Waals surface area contributed by atoms with Crippen LogP contribution in [0.3, 0.4) is 0 Å². The first-order chi connectivity index (χ1) is 10.2. The van der Waals surface area contributed by atoms with Crippen molar-refractivity contribution >= 4 is 6.29 Å². The number of ether oxygens (including phenoxy) is 1. The van der Waals surface area contributed by atoms with Gasteiger partial charge in [0.05, 0.1) is 18.4 Å². The number of carbonyl (C=O) groups excluding carboxylic acids is 1. The molecule has 0 aliphatic heterocycles. The van der Waals surface area contributed by atoms with Crippen LogP contribution in [0.4, 0.5) is 0 Å². The summed E-state index contributed by atoms with van der Waals surface area (Å²) in [5.41, 5.74) is 1.72. The zero-order valence-electron chi connectivity index (χ0n) is 12.3. The lowest BCUT2D eigenvalue weighted by Gasteiger charge is -2.13. The van der Waals surface area contributed by atoms with E-state index in [2.05, 4.69) is 6.92 Å². The van der Waals surface area contributed by atoms with Crippen LogP contribution in [0.2, 0.25) is 0 Å². The van der Waals surface area contributed by atoms with Crippen LogP contribution in [0.5, 0.6) is 5.75 Å². The first kappa shape index (κ1) is 15.0. The van der Waals surface area contributed by atoms with Gasteiger partial charge in [-0.05, 0) is 48.4 Å². The fourth-order valence-corrected chi connectivity index (χ4v) is 2.24. The highest BCUT2D eigenvalue weighted by atomic mass is 16.5. The molecule has 0 aliphatic carbocycles. The molecule has 0 unspecified atom stereocenters. The lowest BCUT2D eigenvalue weighted by atomic mass is 10.1. The molecule has 0 aliphatic rings. The van der Waals surface area contributed by atoms with Gasteiger partial charge in [0.25, 0.3) is 5.56 Å². The summed E-state index contributed by atoms with van der Waals surface area (Å²) in [5, 5.41) is 0. The lowest BCUT2D eigenvalue weighted by molar-refractivity contribution is 0.112. The second kappa shape index (κ2) is 6.88. The smallest absolute Gasteiger partial charge is 0.261 e. The Morgan fingerprint density at radius 3 is 2.43 bits per heavy atom. The predicted octanol–water partition coefficient (Wildman–Crippen LogP) is 3.14. The number of unbranched alkanes of at least 4 members (excludes halogenated alkanes) is 1. The van der Waals surface area contributed by atoms with E-state index in [1.807, 2.05) is 30.3 Å². The van der Waals surface area contributed by atoms with Crippen LogP contribution in [0.25, 0.3) is 11.3 Å². The first-order valence-electron chi connectivity index (χ1n) is 7.04. The standard InChI is InChI=1S/C17H19NO3/c1-3-4-11-18-16(10-7-14(12-19)17(18)20)13-5-8-15(21-2)9-6-13/h5-10,12H,3-4,11H2,1-2H3. The van der Waals surface area contributed by atoms with E-state index in [-0.39, 0.29) is 11.1 Å². The van der Waals surface area contributed by atoms with Gasteiger partial charge in [-0.25, -0.2) is 0 Å². The van der Waals surface area contributed by atoms with Crippen molar-refractivity contribution in [1.29, 1.82) is 0 Å². The number of hydrogen-bond donors (Lipinski definition) is 0. The Morgan fingerprint density at radius 2 is 1.86 bits per heavy atom. The highest BCUT2D eigenvalue weighted by molar-refractivity contribution is 5.75. The molecule has 1 aromatic heterocycles. The molecule has 0 saturated heterocycles. The fraction of sp³-hybridized carbons (Fsp3) is 0.294. The molecule has 1 aromatic carbocycles. The average Bonchev–Trinajstić information content (AvgIpc) is 2.53. The van der Waals surface area contributed by atoms with Crippen LogP contribution in [0.1, 0.15) is 30.1 Å². The molecule has 4 heteroatoms. The van der Waals surface area contributed by atoms with Crippen LogP contribution in [0.15, 0.2) is 41.2 Å². The third kappa shape index (κ3) is 3.21. The van der Waals surface area contributed by atoms with Crippen molar-refractivity contribution in [3.8, 4) is 17.0 Å². The fourth-order valence-electron chi connectivity index (χ4n) is 2.24. The van der Waals surface area contributed by atoms with Gasteiger partial charge in [-0.15, -0.1) is 0 Å². The molecule has 0 fully saturated rings. The summed E-state index contributed by atoms with van der Waals surface area (Å²) in [6.07, 6.45) is 2.49. The number of aromatic nitrogens is 1. The maximum atomic E-state index is 12.3. The number of carbonyl (C=O) groups is 1. The Hall–Kier alpha value is -2.36. The molecule has 110 valence electrons. The van der Waals surface area contributed by atoms with Gasteiger partial charge in [0.15, 0.2) is 6.29 Å². The summed E-state index contributed by atoms with van der Waals surface area (Å²) >= 11 is 0.